The minimum absolute atomic E-state index is 0.283. The van der Waals surface area contributed by atoms with Gasteiger partial charge in [0.15, 0.2) is 0 Å². The first kappa shape index (κ1) is 21.6. The normalized spacial score (nSPS) is 28.7. The van der Waals surface area contributed by atoms with Crippen molar-refractivity contribution >= 4 is 17.8 Å². The fourth-order valence-corrected chi connectivity index (χ4v) is 6.10. The maximum Gasteiger partial charge on any atom is 0.327 e. The van der Waals surface area contributed by atoms with Crippen LogP contribution in [-0.4, -0.2) is 60.9 Å². The highest BCUT2D eigenvalue weighted by Crippen LogP contribution is 2.59. The zero-order valence-electron chi connectivity index (χ0n) is 18.7. The van der Waals surface area contributed by atoms with E-state index in [1.807, 2.05) is 23.1 Å². The molecule has 3 fully saturated rings. The second-order valence-electron chi connectivity index (χ2n) is 8.86. The maximum atomic E-state index is 13.4. The molecule has 33 heavy (non-hydrogen) atoms. The van der Waals surface area contributed by atoms with Crippen LogP contribution in [0.2, 0.25) is 0 Å². The van der Waals surface area contributed by atoms with E-state index in [9.17, 15) is 18.8 Å². The van der Waals surface area contributed by atoms with Gasteiger partial charge in [0.2, 0.25) is 11.8 Å². The van der Waals surface area contributed by atoms with E-state index in [4.69, 9.17) is 9.47 Å². The highest BCUT2D eigenvalue weighted by Gasteiger charge is 2.73. The van der Waals surface area contributed by atoms with Gasteiger partial charge in [-0.15, -0.1) is 0 Å². The summed E-state index contributed by atoms with van der Waals surface area (Å²) in [6.07, 6.45) is 1.19. The van der Waals surface area contributed by atoms with Crippen molar-refractivity contribution in [3.05, 3.63) is 53.8 Å². The quantitative estimate of drug-likeness (QED) is 0.525. The van der Waals surface area contributed by atoms with Crippen molar-refractivity contribution in [3.63, 3.8) is 0 Å². The molecule has 0 aliphatic carbocycles. The number of esters is 1. The zero-order chi connectivity index (χ0) is 23.5. The number of hydrogen-bond donors (Lipinski definition) is 0. The number of amides is 2. The molecule has 0 bridgehead atoms. The smallest absolute Gasteiger partial charge is 0.327 e. The van der Waals surface area contributed by atoms with Gasteiger partial charge in [0.05, 0.1) is 26.1 Å². The Morgan fingerprint density at radius 2 is 1.82 bits per heavy atom. The van der Waals surface area contributed by atoms with Gasteiger partial charge in [-0.05, 0) is 48.7 Å². The Balaban J connectivity index is 1.64. The molecule has 2 aromatic carbocycles. The Bertz CT molecular complexity index is 1150. The molecule has 0 saturated carbocycles. The van der Waals surface area contributed by atoms with E-state index < -0.39 is 29.4 Å². The Labute approximate surface area is 191 Å². The molecule has 0 aromatic heterocycles. The average Bonchev–Trinajstić information content (AvgIpc) is 3.44. The van der Waals surface area contributed by atoms with Gasteiger partial charge in [0.25, 0.3) is 0 Å². The van der Waals surface area contributed by atoms with E-state index in [2.05, 4.69) is 0 Å². The van der Waals surface area contributed by atoms with Crippen molar-refractivity contribution in [2.45, 2.75) is 24.4 Å². The van der Waals surface area contributed by atoms with Gasteiger partial charge in [-0.3, -0.25) is 24.2 Å². The van der Waals surface area contributed by atoms with Crippen LogP contribution in [0.1, 0.15) is 24.4 Å². The van der Waals surface area contributed by atoms with E-state index in [-0.39, 0.29) is 17.6 Å². The molecule has 3 aliphatic rings. The molecule has 0 radical (unpaired) electrons. The summed E-state index contributed by atoms with van der Waals surface area (Å²) in [6.45, 7) is 0.582. The van der Waals surface area contributed by atoms with Crippen molar-refractivity contribution in [3.8, 4) is 16.9 Å². The lowest BCUT2D eigenvalue weighted by Gasteiger charge is -2.35. The maximum absolute atomic E-state index is 13.4. The van der Waals surface area contributed by atoms with Gasteiger partial charge in [-0.25, -0.2) is 4.39 Å². The lowest BCUT2D eigenvalue weighted by molar-refractivity contribution is -0.158. The number of benzene rings is 2. The number of likely N-dealkylation sites (tertiary alicyclic amines) is 1. The molecule has 0 spiro atoms. The Kier molecular flexibility index (Phi) is 5.01. The van der Waals surface area contributed by atoms with Crippen molar-refractivity contribution in [2.75, 3.05) is 27.8 Å². The molecule has 5 rings (SSSR count). The monoisotopic (exact) mass is 452 g/mol. The zero-order valence-corrected chi connectivity index (χ0v) is 18.7. The summed E-state index contributed by atoms with van der Waals surface area (Å²) in [7, 11) is 4.35. The van der Waals surface area contributed by atoms with Gasteiger partial charge in [-0.2, -0.15) is 0 Å². The first-order chi connectivity index (χ1) is 15.8. The molecule has 0 unspecified atom stereocenters. The van der Waals surface area contributed by atoms with Crippen LogP contribution in [0.5, 0.6) is 5.75 Å². The standard InChI is InChI=1S/C25H25FN2O5/c1-27-22(29)19-20(23(27)30)25(24(31)33-3)11-4-12-28(25)21(19)15-7-10-17(18(13-15)32-2)14-5-8-16(26)9-6-14/h5-10,13,19-21H,4,11-12H2,1-3H3/t19-,20-,21+,25-/m0/s1. The fourth-order valence-electron chi connectivity index (χ4n) is 6.10. The SMILES string of the molecule is COC(=O)[C@@]12CCCN1[C@H](c1ccc(-c3ccc(F)cc3)c(OC)c1)[C@H]1C(=O)N(C)C(=O)[C@H]12. The minimum Gasteiger partial charge on any atom is -0.496 e. The third-order valence-corrected chi connectivity index (χ3v) is 7.49. The summed E-state index contributed by atoms with van der Waals surface area (Å²) >= 11 is 0. The van der Waals surface area contributed by atoms with Crippen LogP contribution in [-0.2, 0) is 19.1 Å². The molecule has 8 heteroatoms. The first-order valence-electron chi connectivity index (χ1n) is 11.0. The van der Waals surface area contributed by atoms with Gasteiger partial charge >= 0.3 is 5.97 Å². The predicted octanol–water partition coefficient (Wildman–Crippen LogP) is 2.79. The van der Waals surface area contributed by atoms with E-state index in [1.165, 1.54) is 26.3 Å². The van der Waals surface area contributed by atoms with Gasteiger partial charge in [0, 0.05) is 18.7 Å². The van der Waals surface area contributed by atoms with Crippen LogP contribution in [0, 0.1) is 17.7 Å². The van der Waals surface area contributed by atoms with E-state index in [0.717, 1.165) is 28.0 Å². The van der Waals surface area contributed by atoms with E-state index in [0.29, 0.717) is 18.7 Å². The average molecular weight is 452 g/mol. The van der Waals surface area contributed by atoms with Crippen LogP contribution < -0.4 is 4.74 Å². The second-order valence-corrected chi connectivity index (χ2v) is 8.86. The molecular formula is C25H25FN2O5. The molecule has 4 atom stereocenters. The number of carbonyl (C=O) groups is 3. The molecule has 172 valence electrons. The van der Waals surface area contributed by atoms with Gasteiger partial charge in [-0.1, -0.05) is 24.3 Å². The molecule has 0 N–H and O–H groups in total. The van der Waals surface area contributed by atoms with E-state index >= 15 is 0 Å². The lowest BCUT2D eigenvalue weighted by Crippen LogP contribution is -2.54. The number of nitrogens with zero attached hydrogens (tertiary/aromatic N) is 2. The Hall–Kier alpha value is -3.26. The number of methoxy groups -OCH3 is 2. The number of rotatable bonds is 4. The summed E-state index contributed by atoms with van der Waals surface area (Å²) in [5.74, 6) is -2.30. The van der Waals surface area contributed by atoms with Crippen LogP contribution in [0.4, 0.5) is 4.39 Å². The number of fused-ring (bicyclic) bond motifs is 3. The summed E-state index contributed by atoms with van der Waals surface area (Å²) in [5, 5.41) is 0. The van der Waals surface area contributed by atoms with Crippen LogP contribution >= 0.6 is 0 Å². The lowest BCUT2D eigenvalue weighted by atomic mass is 9.77. The number of ether oxygens (including phenoxy) is 2. The summed E-state index contributed by atoms with van der Waals surface area (Å²) < 4.78 is 24.2. The highest BCUT2D eigenvalue weighted by atomic mass is 19.1. The summed E-state index contributed by atoms with van der Waals surface area (Å²) in [4.78, 5) is 42.6. The number of imide groups is 1. The molecular weight excluding hydrogens is 427 g/mol. The fraction of sp³-hybridized carbons (Fsp3) is 0.400. The number of carbonyl (C=O) groups excluding carboxylic acids is 3. The van der Waals surface area contributed by atoms with Crippen molar-refractivity contribution in [1.82, 2.24) is 9.80 Å². The van der Waals surface area contributed by atoms with Crippen molar-refractivity contribution < 1.29 is 28.2 Å². The molecule has 7 nitrogen and oxygen atoms in total. The second kappa shape index (κ2) is 7.66. The molecule has 3 aliphatic heterocycles. The third kappa shape index (κ3) is 2.86. The third-order valence-electron chi connectivity index (χ3n) is 7.49. The number of halogens is 1. The first-order valence-corrected chi connectivity index (χ1v) is 11.0. The van der Waals surface area contributed by atoms with Crippen molar-refractivity contribution in [1.29, 1.82) is 0 Å². The molecule has 3 saturated heterocycles. The van der Waals surface area contributed by atoms with Crippen LogP contribution in [0.15, 0.2) is 42.5 Å². The molecule has 3 heterocycles. The van der Waals surface area contributed by atoms with E-state index in [1.54, 1.807) is 19.2 Å². The number of hydrogen-bond acceptors (Lipinski definition) is 6. The van der Waals surface area contributed by atoms with Gasteiger partial charge in [0.1, 0.15) is 17.1 Å². The summed E-state index contributed by atoms with van der Waals surface area (Å²) in [5.41, 5.74) is 1.21. The summed E-state index contributed by atoms with van der Waals surface area (Å²) in [6, 6.07) is 11.3. The topological polar surface area (TPSA) is 76.2 Å². The van der Waals surface area contributed by atoms with Gasteiger partial charge < -0.3 is 9.47 Å². The van der Waals surface area contributed by atoms with Crippen LogP contribution in [0.3, 0.4) is 0 Å². The minimum atomic E-state index is -1.15. The Morgan fingerprint density at radius 1 is 1.09 bits per heavy atom. The van der Waals surface area contributed by atoms with Crippen molar-refractivity contribution in [2.24, 2.45) is 11.8 Å². The molecule has 2 amide bonds. The highest BCUT2D eigenvalue weighted by molar-refractivity contribution is 6.09. The Morgan fingerprint density at radius 3 is 2.48 bits per heavy atom. The largest absolute Gasteiger partial charge is 0.496 e. The van der Waals surface area contributed by atoms with Crippen LogP contribution in [0.25, 0.3) is 11.1 Å². The molecule has 2 aromatic rings. The predicted molar refractivity (Wildman–Crippen MR) is 117 cm³/mol.